The molecule has 0 aliphatic rings. The minimum atomic E-state index is -3.60. The predicted molar refractivity (Wildman–Crippen MR) is 104 cm³/mol. The molecule has 1 unspecified atom stereocenters. The molecule has 9 heteroatoms. The number of aliphatic carboxylic acids is 1. The molecule has 0 aliphatic heterocycles. The summed E-state index contributed by atoms with van der Waals surface area (Å²) in [6.07, 6.45) is 0.208. The fourth-order valence-electron chi connectivity index (χ4n) is 2.46. The highest BCUT2D eigenvalue weighted by atomic mass is 32.2. The van der Waals surface area contributed by atoms with Gasteiger partial charge in [0.25, 0.3) is 0 Å². The normalized spacial score (nSPS) is 12.2. The number of hydrogen-bond acceptors (Lipinski definition) is 7. The first kappa shape index (κ1) is 22.4. The van der Waals surface area contributed by atoms with Gasteiger partial charge in [0.2, 0.25) is 0 Å². The van der Waals surface area contributed by atoms with Gasteiger partial charge in [-0.05, 0) is 42.3 Å². The molecule has 8 nitrogen and oxygen atoms in total. The Morgan fingerprint density at radius 2 is 1.59 bits per heavy atom. The van der Waals surface area contributed by atoms with Crippen LogP contribution in [-0.4, -0.2) is 44.4 Å². The zero-order chi connectivity index (χ0) is 21.4. The van der Waals surface area contributed by atoms with Crippen LogP contribution in [0.15, 0.2) is 48.5 Å². The van der Waals surface area contributed by atoms with Gasteiger partial charge in [-0.1, -0.05) is 24.3 Å². The molecule has 156 valence electrons. The van der Waals surface area contributed by atoms with Gasteiger partial charge in [0.1, 0.15) is 12.4 Å². The van der Waals surface area contributed by atoms with Gasteiger partial charge in [-0.2, -0.15) is 8.42 Å². The lowest BCUT2D eigenvalue weighted by Crippen LogP contribution is -2.26. The maximum atomic E-state index is 12.2. The number of carboxylic acids is 1. The third-order valence-electron chi connectivity index (χ3n) is 3.79. The zero-order valence-electron chi connectivity index (χ0n) is 16.0. The maximum absolute atomic E-state index is 12.2. The van der Waals surface area contributed by atoms with Crippen molar-refractivity contribution in [2.75, 3.05) is 12.9 Å². The number of ether oxygens (including phenoxy) is 2. The Morgan fingerprint density at radius 3 is 2.10 bits per heavy atom. The van der Waals surface area contributed by atoms with Crippen LogP contribution in [0.4, 0.5) is 0 Å². The van der Waals surface area contributed by atoms with Crippen molar-refractivity contribution < 1.29 is 36.8 Å². The Labute approximate surface area is 169 Å². The lowest BCUT2D eigenvalue weighted by atomic mass is 10.1. The highest BCUT2D eigenvalue weighted by Crippen LogP contribution is 2.16. The molecule has 0 amide bonds. The van der Waals surface area contributed by atoms with Crippen LogP contribution in [0.3, 0.4) is 0 Å². The van der Waals surface area contributed by atoms with E-state index in [4.69, 9.17) is 18.8 Å². The molecule has 2 aromatic carbocycles. The van der Waals surface area contributed by atoms with Crippen molar-refractivity contribution in [3.05, 3.63) is 65.2 Å². The van der Waals surface area contributed by atoms with Crippen LogP contribution in [0.1, 0.15) is 28.4 Å². The van der Waals surface area contributed by atoms with Crippen LogP contribution < -0.4 is 4.18 Å². The van der Waals surface area contributed by atoms with E-state index in [0.29, 0.717) is 17.7 Å². The highest BCUT2D eigenvalue weighted by molar-refractivity contribution is 7.86. The molecule has 0 heterocycles. The molecule has 0 radical (unpaired) electrons. The Balaban J connectivity index is 1.91. The lowest BCUT2D eigenvalue weighted by Gasteiger charge is -2.12. The Morgan fingerprint density at radius 1 is 1.00 bits per heavy atom. The van der Waals surface area contributed by atoms with Gasteiger partial charge in [-0.25, -0.2) is 9.59 Å². The van der Waals surface area contributed by atoms with Gasteiger partial charge in [0.15, 0.2) is 6.10 Å². The first-order valence-corrected chi connectivity index (χ1v) is 10.6. The third kappa shape index (κ3) is 7.55. The average Bonchev–Trinajstić information content (AvgIpc) is 2.66. The summed E-state index contributed by atoms with van der Waals surface area (Å²) in [5.74, 6) is -1.40. The first-order chi connectivity index (χ1) is 13.7. The molecule has 0 aliphatic carbocycles. The van der Waals surface area contributed by atoms with Crippen molar-refractivity contribution in [1.82, 2.24) is 0 Å². The maximum Gasteiger partial charge on any atom is 0.338 e. The lowest BCUT2D eigenvalue weighted by molar-refractivity contribution is -0.149. The summed E-state index contributed by atoms with van der Waals surface area (Å²) in [7, 11) is -3.60. The number of carboxylic acid groups (broad SMARTS) is 1. The van der Waals surface area contributed by atoms with E-state index in [1.165, 1.54) is 12.1 Å². The zero-order valence-corrected chi connectivity index (χ0v) is 16.8. The van der Waals surface area contributed by atoms with Crippen LogP contribution in [0.25, 0.3) is 0 Å². The second kappa shape index (κ2) is 10.0. The van der Waals surface area contributed by atoms with E-state index in [0.717, 1.165) is 11.8 Å². The molecule has 0 aromatic heterocycles. The van der Waals surface area contributed by atoms with Gasteiger partial charge >= 0.3 is 22.1 Å². The second-order valence-corrected chi connectivity index (χ2v) is 7.77. The van der Waals surface area contributed by atoms with Crippen molar-refractivity contribution in [3.8, 4) is 5.75 Å². The molecule has 0 saturated carbocycles. The molecule has 1 N–H and O–H groups in total. The number of rotatable bonds is 10. The summed E-state index contributed by atoms with van der Waals surface area (Å²) in [5, 5.41) is 9.12. The topological polar surface area (TPSA) is 116 Å². The molecule has 0 spiro atoms. The van der Waals surface area contributed by atoms with E-state index in [-0.39, 0.29) is 18.8 Å². The van der Waals surface area contributed by atoms with Gasteiger partial charge in [0, 0.05) is 13.0 Å². The van der Waals surface area contributed by atoms with E-state index >= 15 is 0 Å². The predicted octanol–water partition coefficient (Wildman–Crippen LogP) is 2.41. The fraction of sp³-hybridized carbons (Fsp3) is 0.300. The first-order valence-electron chi connectivity index (χ1n) is 8.77. The number of carbonyl (C=O) groups excluding carboxylic acids is 1. The average molecular weight is 422 g/mol. The highest BCUT2D eigenvalue weighted by Gasteiger charge is 2.18. The van der Waals surface area contributed by atoms with Crippen LogP contribution in [-0.2, 0) is 37.4 Å². The standard InChI is InChI=1S/C20H22O8S/c1-3-26-18(19(21)22)12-14-4-8-16(9-5-14)20(23)27-13-15-6-10-17(11-7-15)28-29(2,24)25/h4-11,18H,3,12-13H2,1-2H3,(H,21,22). The molecule has 0 fully saturated rings. The fourth-order valence-corrected chi connectivity index (χ4v) is 2.92. The third-order valence-corrected chi connectivity index (χ3v) is 4.29. The van der Waals surface area contributed by atoms with Gasteiger partial charge in [-0.15, -0.1) is 0 Å². The van der Waals surface area contributed by atoms with Gasteiger partial charge in [0.05, 0.1) is 11.8 Å². The quantitative estimate of drug-likeness (QED) is 0.458. The van der Waals surface area contributed by atoms with Crippen LogP contribution in [0, 0.1) is 0 Å². The van der Waals surface area contributed by atoms with E-state index in [9.17, 15) is 18.0 Å². The summed E-state index contributed by atoms with van der Waals surface area (Å²) in [5.41, 5.74) is 1.72. The monoisotopic (exact) mass is 422 g/mol. The Kier molecular flexibility index (Phi) is 7.74. The number of benzene rings is 2. The molecule has 0 saturated heterocycles. The number of hydrogen-bond donors (Lipinski definition) is 1. The van der Waals surface area contributed by atoms with Gasteiger partial charge in [-0.3, -0.25) is 0 Å². The van der Waals surface area contributed by atoms with E-state index in [1.807, 2.05) is 0 Å². The second-order valence-electron chi connectivity index (χ2n) is 6.19. The molecule has 2 rings (SSSR count). The van der Waals surface area contributed by atoms with Crippen molar-refractivity contribution in [3.63, 3.8) is 0 Å². The molecule has 2 aromatic rings. The van der Waals surface area contributed by atoms with Crippen molar-refractivity contribution in [1.29, 1.82) is 0 Å². The van der Waals surface area contributed by atoms with Crippen molar-refractivity contribution in [2.24, 2.45) is 0 Å². The number of esters is 1. The van der Waals surface area contributed by atoms with Crippen molar-refractivity contribution >= 4 is 22.1 Å². The largest absolute Gasteiger partial charge is 0.479 e. The minimum absolute atomic E-state index is 0.00513. The summed E-state index contributed by atoms with van der Waals surface area (Å²) in [6, 6.07) is 12.6. The summed E-state index contributed by atoms with van der Waals surface area (Å²) in [6.45, 7) is 2.02. The summed E-state index contributed by atoms with van der Waals surface area (Å²) < 4.78 is 37.3. The summed E-state index contributed by atoms with van der Waals surface area (Å²) in [4.78, 5) is 23.3. The van der Waals surface area contributed by atoms with Crippen molar-refractivity contribution in [2.45, 2.75) is 26.1 Å². The molecule has 0 bridgehead atoms. The van der Waals surface area contributed by atoms with Gasteiger partial charge < -0.3 is 18.8 Å². The van der Waals surface area contributed by atoms with E-state index < -0.39 is 28.2 Å². The summed E-state index contributed by atoms with van der Waals surface area (Å²) >= 11 is 0. The van der Waals surface area contributed by atoms with Crippen LogP contribution in [0.2, 0.25) is 0 Å². The SMILES string of the molecule is CCOC(Cc1ccc(C(=O)OCc2ccc(OS(C)(=O)=O)cc2)cc1)C(=O)O. The number of carbonyl (C=O) groups is 2. The van der Waals surface area contributed by atoms with E-state index in [2.05, 4.69) is 0 Å². The van der Waals surface area contributed by atoms with E-state index in [1.54, 1.807) is 43.3 Å². The molecular weight excluding hydrogens is 400 g/mol. The minimum Gasteiger partial charge on any atom is -0.479 e. The smallest absolute Gasteiger partial charge is 0.338 e. The van der Waals surface area contributed by atoms with Crippen LogP contribution in [0.5, 0.6) is 5.75 Å². The Bertz CT molecular complexity index is 933. The molecule has 1 atom stereocenters. The van der Waals surface area contributed by atoms with Crippen LogP contribution >= 0.6 is 0 Å². The molecule has 29 heavy (non-hydrogen) atoms. The Hall–Kier alpha value is -2.91. The molecular formula is C20H22O8S.